The molecular formula is C23H23FN6O2. The second-order valence-electron chi connectivity index (χ2n) is 8.31. The van der Waals surface area contributed by atoms with E-state index in [2.05, 4.69) is 34.1 Å². The number of piperidine rings is 1. The summed E-state index contributed by atoms with van der Waals surface area (Å²) in [6.07, 6.45) is 4.64. The minimum atomic E-state index is -0.599. The summed E-state index contributed by atoms with van der Waals surface area (Å²) in [6.45, 7) is 5.15. The molecule has 0 atom stereocenters. The van der Waals surface area contributed by atoms with Gasteiger partial charge < -0.3 is 9.42 Å². The Hall–Kier alpha value is -3.62. The quantitative estimate of drug-likeness (QED) is 0.478. The van der Waals surface area contributed by atoms with Gasteiger partial charge in [0.05, 0.1) is 11.7 Å². The predicted molar refractivity (Wildman–Crippen MR) is 115 cm³/mol. The lowest BCUT2D eigenvalue weighted by Gasteiger charge is -2.30. The van der Waals surface area contributed by atoms with Crippen molar-refractivity contribution >= 4 is 16.8 Å². The van der Waals surface area contributed by atoms with Crippen LogP contribution in [0.4, 0.5) is 4.39 Å². The smallest absolute Gasteiger partial charge is 0.275 e. The lowest BCUT2D eigenvalue weighted by molar-refractivity contribution is 0.0699. The standard InChI is InChI=1S/C23H23FN6O2/c1-14(2)30-19-12-16(5-6-17(19)13-26-30)22-27-21(28-32-22)15-7-10-29(11-8-15)23(31)20-18(24)4-3-9-25-20/h3-6,9,12-15H,7-8,10-11H2,1-2H3. The summed E-state index contributed by atoms with van der Waals surface area (Å²) in [4.78, 5) is 22.7. The van der Waals surface area contributed by atoms with E-state index in [1.54, 1.807) is 4.90 Å². The number of rotatable bonds is 4. The van der Waals surface area contributed by atoms with Crippen LogP contribution < -0.4 is 0 Å². The molecule has 1 amide bonds. The summed E-state index contributed by atoms with van der Waals surface area (Å²) in [5.74, 6) is 0.194. The number of halogens is 1. The molecule has 0 spiro atoms. The van der Waals surface area contributed by atoms with Crippen molar-refractivity contribution in [3.8, 4) is 11.5 Å². The minimum Gasteiger partial charge on any atom is -0.337 e. The molecule has 32 heavy (non-hydrogen) atoms. The molecule has 4 heterocycles. The van der Waals surface area contributed by atoms with E-state index in [0.717, 1.165) is 16.5 Å². The third-order valence-electron chi connectivity index (χ3n) is 5.88. The zero-order chi connectivity index (χ0) is 22.2. The molecule has 0 aliphatic carbocycles. The molecule has 9 heteroatoms. The van der Waals surface area contributed by atoms with Crippen LogP contribution in [0.25, 0.3) is 22.4 Å². The highest BCUT2D eigenvalue weighted by Gasteiger charge is 2.29. The molecule has 0 saturated carbocycles. The SMILES string of the molecule is CC(C)n1ncc2ccc(-c3nc(C4CCN(C(=O)c5ncccc5F)CC4)no3)cc21. The van der Waals surface area contributed by atoms with E-state index >= 15 is 0 Å². The van der Waals surface area contributed by atoms with E-state index in [4.69, 9.17) is 4.52 Å². The van der Waals surface area contributed by atoms with E-state index in [0.29, 0.717) is 37.6 Å². The van der Waals surface area contributed by atoms with Crippen LogP contribution in [0, 0.1) is 5.82 Å². The first-order valence-electron chi connectivity index (χ1n) is 10.7. The number of benzene rings is 1. The van der Waals surface area contributed by atoms with Crippen LogP contribution in [0.1, 0.15) is 55.0 Å². The number of pyridine rings is 1. The Morgan fingerprint density at radius 1 is 1.22 bits per heavy atom. The Morgan fingerprint density at radius 2 is 2.03 bits per heavy atom. The summed E-state index contributed by atoms with van der Waals surface area (Å²) in [5, 5.41) is 9.70. The summed E-state index contributed by atoms with van der Waals surface area (Å²) >= 11 is 0. The van der Waals surface area contributed by atoms with Crippen LogP contribution in [0.15, 0.2) is 47.2 Å². The number of carbonyl (C=O) groups excluding carboxylic acids is 1. The number of nitrogens with zero attached hydrogens (tertiary/aromatic N) is 6. The van der Waals surface area contributed by atoms with Gasteiger partial charge in [-0.15, -0.1) is 0 Å². The third-order valence-corrected chi connectivity index (χ3v) is 5.88. The summed E-state index contributed by atoms with van der Waals surface area (Å²) in [6, 6.07) is 8.94. The number of fused-ring (bicyclic) bond motifs is 1. The van der Waals surface area contributed by atoms with E-state index < -0.39 is 5.82 Å². The van der Waals surface area contributed by atoms with Crippen LogP contribution in [0.5, 0.6) is 0 Å². The average molecular weight is 434 g/mol. The summed E-state index contributed by atoms with van der Waals surface area (Å²) in [7, 11) is 0. The van der Waals surface area contributed by atoms with Gasteiger partial charge in [-0.25, -0.2) is 9.37 Å². The minimum absolute atomic E-state index is 0.0788. The van der Waals surface area contributed by atoms with Crippen molar-refractivity contribution in [3.63, 3.8) is 0 Å². The molecule has 5 rings (SSSR count). The number of hydrogen-bond acceptors (Lipinski definition) is 6. The van der Waals surface area contributed by atoms with Crippen molar-refractivity contribution in [3.05, 3.63) is 60.1 Å². The van der Waals surface area contributed by atoms with Gasteiger partial charge in [0.2, 0.25) is 0 Å². The number of hydrogen-bond donors (Lipinski definition) is 0. The topological polar surface area (TPSA) is 89.9 Å². The molecule has 4 aromatic rings. The maximum atomic E-state index is 13.9. The van der Waals surface area contributed by atoms with Crippen molar-refractivity contribution in [2.24, 2.45) is 0 Å². The largest absolute Gasteiger partial charge is 0.337 e. The zero-order valence-electron chi connectivity index (χ0n) is 17.9. The Kier molecular flexibility index (Phi) is 5.16. The second kappa shape index (κ2) is 8.14. The van der Waals surface area contributed by atoms with Crippen molar-refractivity contribution in [2.45, 2.75) is 38.6 Å². The van der Waals surface area contributed by atoms with Crippen molar-refractivity contribution < 1.29 is 13.7 Å². The Balaban J connectivity index is 1.30. The fourth-order valence-electron chi connectivity index (χ4n) is 4.13. The summed E-state index contributed by atoms with van der Waals surface area (Å²) < 4.78 is 21.4. The van der Waals surface area contributed by atoms with Crippen LogP contribution in [0.2, 0.25) is 0 Å². The number of aromatic nitrogens is 5. The summed E-state index contributed by atoms with van der Waals surface area (Å²) in [5.41, 5.74) is 1.73. The van der Waals surface area contributed by atoms with E-state index in [1.165, 1.54) is 18.3 Å². The van der Waals surface area contributed by atoms with Crippen LogP contribution in [-0.4, -0.2) is 48.8 Å². The third kappa shape index (κ3) is 3.63. The first-order chi connectivity index (χ1) is 15.5. The molecule has 1 fully saturated rings. The molecule has 0 N–H and O–H groups in total. The lowest BCUT2D eigenvalue weighted by Crippen LogP contribution is -2.38. The molecule has 0 unspecified atom stereocenters. The molecule has 0 bridgehead atoms. The van der Waals surface area contributed by atoms with Gasteiger partial charge in [-0.1, -0.05) is 11.2 Å². The molecule has 8 nitrogen and oxygen atoms in total. The van der Waals surface area contributed by atoms with Gasteiger partial charge in [-0.2, -0.15) is 10.1 Å². The fourth-order valence-corrected chi connectivity index (χ4v) is 4.13. The van der Waals surface area contributed by atoms with Gasteiger partial charge in [0.15, 0.2) is 17.3 Å². The highest BCUT2D eigenvalue weighted by atomic mass is 19.1. The van der Waals surface area contributed by atoms with Crippen molar-refractivity contribution in [1.82, 2.24) is 29.8 Å². The van der Waals surface area contributed by atoms with Gasteiger partial charge in [0.25, 0.3) is 11.8 Å². The van der Waals surface area contributed by atoms with Crippen LogP contribution >= 0.6 is 0 Å². The average Bonchev–Trinajstić information content (AvgIpc) is 3.46. The number of likely N-dealkylation sites (tertiary alicyclic amines) is 1. The van der Waals surface area contributed by atoms with Gasteiger partial charge in [-0.3, -0.25) is 9.48 Å². The molecule has 1 aliphatic heterocycles. The molecule has 0 radical (unpaired) electrons. The maximum Gasteiger partial charge on any atom is 0.275 e. The van der Waals surface area contributed by atoms with Gasteiger partial charge in [-0.05, 0) is 51.0 Å². The molecule has 164 valence electrons. The highest BCUT2D eigenvalue weighted by Crippen LogP contribution is 2.30. The van der Waals surface area contributed by atoms with E-state index in [9.17, 15) is 9.18 Å². The Morgan fingerprint density at radius 3 is 2.78 bits per heavy atom. The zero-order valence-corrected chi connectivity index (χ0v) is 17.9. The first kappa shape index (κ1) is 20.3. The maximum absolute atomic E-state index is 13.9. The molecule has 1 aromatic carbocycles. The van der Waals surface area contributed by atoms with E-state index in [1.807, 2.05) is 29.1 Å². The lowest BCUT2D eigenvalue weighted by atomic mass is 9.96. The van der Waals surface area contributed by atoms with E-state index in [-0.39, 0.29) is 23.6 Å². The van der Waals surface area contributed by atoms with Gasteiger partial charge in [0.1, 0.15) is 0 Å². The normalized spacial score (nSPS) is 15.1. The molecule has 1 aliphatic rings. The Bertz CT molecular complexity index is 1270. The van der Waals surface area contributed by atoms with Crippen molar-refractivity contribution in [2.75, 3.05) is 13.1 Å². The molecule has 3 aromatic heterocycles. The van der Waals surface area contributed by atoms with Crippen molar-refractivity contribution in [1.29, 1.82) is 0 Å². The molecule has 1 saturated heterocycles. The predicted octanol–water partition coefficient (Wildman–Crippen LogP) is 4.22. The fraction of sp³-hybridized carbons (Fsp3) is 0.348. The van der Waals surface area contributed by atoms with Crippen LogP contribution in [0.3, 0.4) is 0 Å². The van der Waals surface area contributed by atoms with Crippen LogP contribution in [-0.2, 0) is 0 Å². The van der Waals surface area contributed by atoms with Gasteiger partial charge >= 0.3 is 0 Å². The molecular weight excluding hydrogens is 411 g/mol. The monoisotopic (exact) mass is 434 g/mol. The first-order valence-corrected chi connectivity index (χ1v) is 10.7. The van der Waals surface area contributed by atoms with Gasteiger partial charge in [0, 0.05) is 42.2 Å². The Labute approximate surface area is 184 Å². The highest BCUT2D eigenvalue weighted by molar-refractivity contribution is 5.92. The number of carbonyl (C=O) groups is 1. The second-order valence-corrected chi connectivity index (χ2v) is 8.31. The number of amides is 1.